The fraction of sp³-hybridized carbons (Fsp3) is 0.833. The van der Waals surface area contributed by atoms with Crippen molar-refractivity contribution < 1.29 is 24.2 Å². The van der Waals surface area contributed by atoms with Crippen molar-refractivity contribution in [3.63, 3.8) is 0 Å². The number of carbonyl (C=O) groups excluding carboxylic acids is 1. The number of carbonyl (C=O) groups is 2. The number of ether oxygens (including phenoxy) is 2. The molecule has 2 unspecified atom stereocenters. The number of nitrogens with one attached hydrogen (secondary N) is 1. The SMILES string of the molecule is COCCN(CC(=O)O)C(=O)NC1(C)CCOC1C. The molecule has 7 nitrogen and oxygen atoms in total. The summed E-state index contributed by atoms with van der Waals surface area (Å²) in [7, 11) is 1.51. The first-order chi connectivity index (χ1) is 8.89. The van der Waals surface area contributed by atoms with Crippen molar-refractivity contribution in [2.45, 2.75) is 31.9 Å². The molecule has 19 heavy (non-hydrogen) atoms. The first kappa shape index (κ1) is 15.7. The molecule has 2 N–H and O–H groups in total. The predicted octanol–water partition coefficient (Wildman–Crippen LogP) is 0.297. The monoisotopic (exact) mass is 274 g/mol. The second-order valence-corrected chi connectivity index (χ2v) is 4.92. The summed E-state index contributed by atoms with van der Waals surface area (Å²) in [6, 6.07) is -0.403. The molecule has 0 aliphatic carbocycles. The van der Waals surface area contributed by atoms with Gasteiger partial charge in [0, 0.05) is 20.3 Å². The highest BCUT2D eigenvalue weighted by molar-refractivity contribution is 5.80. The molecule has 1 aliphatic heterocycles. The van der Waals surface area contributed by atoms with E-state index in [0.717, 1.165) is 0 Å². The number of amides is 2. The van der Waals surface area contributed by atoms with Gasteiger partial charge in [0.1, 0.15) is 6.54 Å². The lowest BCUT2D eigenvalue weighted by Crippen LogP contribution is -2.56. The van der Waals surface area contributed by atoms with Crippen LogP contribution < -0.4 is 5.32 Å². The zero-order valence-electron chi connectivity index (χ0n) is 11.6. The summed E-state index contributed by atoms with van der Waals surface area (Å²) in [4.78, 5) is 24.1. The van der Waals surface area contributed by atoms with Gasteiger partial charge in [0.25, 0.3) is 0 Å². The second kappa shape index (κ2) is 6.72. The fourth-order valence-corrected chi connectivity index (χ4v) is 1.94. The van der Waals surface area contributed by atoms with Crippen molar-refractivity contribution in [1.29, 1.82) is 0 Å². The molecule has 1 fully saturated rings. The maximum atomic E-state index is 12.1. The number of methoxy groups -OCH3 is 1. The average Bonchev–Trinajstić information content (AvgIpc) is 2.64. The van der Waals surface area contributed by atoms with E-state index in [1.807, 2.05) is 13.8 Å². The lowest BCUT2D eigenvalue weighted by molar-refractivity contribution is -0.137. The summed E-state index contributed by atoms with van der Waals surface area (Å²) in [5.74, 6) is -1.05. The van der Waals surface area contributed by atoms with Gasteiger partial charge in [-0.2, -0.15) is 0 Å². The Labute approximate surface area is 112 Å². The van der Waals surface area contributed by atoms with E-state index in [9.17, 15) is 9.59 Å². The Bertz CT molecular complexity index is 336. The third-order valence-electron chi connectivity index (χ3n) is 3.46. The number of carboxylic acids is 1. The number of rotatable bonds is 6. The van der Waals surface area contributed by atoms with Crippen LogP contribution in [0.3, 0.4) is 0 Å². The van der Waals surface area contributed by atoms with Gasteiger partial charge in [0.15, 0.2) is 0 Å². The third-order valence-corrected chi connectivity index (χ3v) is 3.46. The molecule has 1 saturated heterocycles. The Kier molecular flexibility index (Phi) is 5.56. The molecule has 0 radical (unpaired) electrons. The summed E-state index contributed by atoms with van der Waals surface area (Å²) in [6.45, 7) is 4.57. The molecule has 0 aromatic heterocycles. The maximum absolute atomic E-state index is 12.1. The van der Waals surface area contributed by atoms with Crippen LogP contribution in [0.4, 0.5) is 4.79 Å². The molecule has 1 rings (SSSR count). The quantitative estimate of drug-likeness (QED) is 0.727. The van der Waals surface area contributed by atoms with Gasteiger partial charge in [-0.15, -0.1) is 0 Å². The molecule has 0 saturated carbocycles. The largest absolute Gasteiger partial charge is 0.480 e. The average molecular weight is 274 g/mol. The Balaban J connectivity index is 2.62. The number of aliphatic carboxylic acids is 1. The maximum Gasteiger partial charge on any atom is 0.323 e. The first-order valence-electron chi connectivity index (χ1n) is 6.28. The highest BCUT2D eigenvalue weighted by atomic mass is 16.5. The van der Waals surface area contributed by atoms with Crippen molar-refractivity contribution in [2.24, 2.45) is 0 Å². The van der Waals surface area contributed by atoms with Crippen LogP contribution in [0, 0.1) is 0 Å². The molecule has 2 amide bonds. The van der Waals surface area contributed by atoms with Gasteiger partial charge in [-0.1, -0.05) is 0 Å². The first-order valence-corrected chi connectivity index (χ1v) is 6.28. The topological polar surface area (TPSA) is 88.1 Å². The van der Waals surface area contributed by atoms with E-state index in [2.05, 4.69) is 5.32 Å². The van der Waals surface area contributed by atoms with E-state index in [1.54, 1.807) is 0 Å². The van der Waals surface area contributed by atoms with Gasteiger partial charge in [0.2, 0.25) is 0 Å². The fourth-order valence-electron chi connectivity index (χ4n) is 1.94. The Morgan fingerprint density at radius 2 is 2.26 bits per heavy atom. The van der Waals surface area contributed by atoms with Crippen molar-refractivity contribution >= 4 is 12.0 Å². The highest BCUT2D eigenvalue weighted by Crippen LogP contribution is 2.25. The lowest BCUT2D eigenvalue weighted by Gasteiger charge is -2.32. The highest BCUT2D eigenvalue weighted by Gasteiger charge is 2.39. The summed E-state index contributed by atoms with van der Waals surface area (Å²) >= 11 is 0. The molecule has 1 aliphatic rings. The van der Waals surface area contributed by atoms with Crippen molar-refractivity contribution in [2.75, 3.05) is 33.4 Å². The molecule has 7 heteroatoms. The molecule has 0 aromatic carbocycles. The lowest BCUT2D eigenvalue weighted by atomic mass is 9.95. The van der Waals surface area contributed by atoms with Gasteiger partial charge in [-0.3, -0.25) is 4.79 Å². The van der Waals surface area contributed by atoms with Gasteiger partial charge in [-0.05, 0) is 20.3 Å². The van der Waals surface area contributed by atoms with Crippen LogP contribution in [0.5, 0.6) is 0 Å². The minimum Gasteiger partial charge on any atom is -0.480 e. The summed E-state index contributed by atoms with van der Waals surface area (Å²) < 4.78 is 10.3. The summed E-state index contributed by atoms with van der Waals surface area (Å²) in [5.41, 5.74) is -0.457. The Morgan fingerprint density at radius 1 is 1.58 bits per heavy atom. The number of carboxylic acid groups (broad SMARTS) is 1. The zero-order chi connectivity index (χ0) is 14.5. The van der Waals surface area contributed by atoms with Crippen LogP contribution in [-0.2, 0) is 14.3 Å². The van der Waals surface area contributed by atoms with Crippen LogP contribution in [-0.4, -0.2) is 67.1 Å². The van der Waals surface area contributed by atoms with E-state index >= 15 is 0 Å². The van der Waals surface area contributed by atoms with Crippen LogP contribution in [0.2, 0.25) is 0 Å². The van der Waals surface area contributed by atoms with Crippen LogP contribution in [0.25, 0.3) is 0 Å². The van der Waals surface area contributed by atoms with Gasteiger partial charge >= 0.3 is 12.0 Å². The summed E-state index contributed by atoms with van der Waals surface area (Å²) in [5, 5.41) is 11.7. The molecule has 1 heterocycles. The molecule has 0 bridgehead atoms. The molecule has 2 atom stereocenters. The van der Waals surface area contributed by atoms with Crippen LogP contribution in [0.15, 0.2) is 0 Å². The zero-order valence-corrected chi connectivity index (χ0v) is 11.6. The van der Waals surface area contributed by atoms with E-state index < -0.39 is 17.5 Å². The normalized spacial score (nSPS) is 26.2. The molecule has 0 spiro atoms. The van der Waals surface area contributed by atoms with Crippen molar-refractivity contribution in [1.82, 2.24) is 10.2 Å². The minimum atomic E-state index is -1.05. The second-order valence-electron chi connectivity index (χ2n) is 4.92. The van der Waals surface area contributed by atoms with Crippen molar-refractivity contribution in [3.8, 4) is 0 Å². The van der Waals surface area contributed by atoms with Gasteiger partial charge in [0.05, 0.1) is 18.2 Å². The smallest absolute Gasteiger partial charge is 0.323 e. The number of nitrogens with zero attached hydrogens (tertiary/aromatic N) is 1. The van der Waals surface area contributed by atoms with Crippen molar-refractivity contribution in [3.05, 3.63) is 0 Å². The number of hydrogen-bond acceptors (Lipinski definition) is 4. The van der Waals surface area contributed by atoms with E-state index in [-0.39, 0.29) is 19.2 Å². The molecular weight excluding hydrogens is 252 g/mol. The number of urea groups is 1. The Hall–Kier alpha value is -1.34. The summed E-state index contributed by atoms with van der Waals surface area (Å²) in [6.07, 6.45) is 0.621. The molecule has 110 valence electrons. The Morgan fingerprint density at radius 3 is 2.74 bits per heavy atom. The van der Waals surface area contributed by atoms with Gasteiger partial charge in [-0.25, -0.2) is 4.79 Å². The standard InChI is InChI=1S/C12H22N2O5/c1-9-12(2,4-6-19-9)13-11(17)14(5-7-18-3)8-10(15)16/h9H,4-8H2,1-3H3,(H,13,17)(H,15,16). The van der Waals surface area contributed by atoms with E-state index in [1.165, 1.54) is 12.0 Å². The van der Waals surface area contributed by atoms with Crippen LogP contribution in [0.1, 0.15) is 20.3 Å². The van der Waals surface area contributed by atoms with E-state index in [4.69, 9.17) is 14.6 Å². The number of hydrogen-bond donors (Lipinski definition) is 2. The van der Waals surface area contributed by atoms with Gasteiger partial charge < -0.3 is 24.8 Å². The van der Waals surface area contributed by atoms with Crippen LogP contribution >= 0.6 is 0 Å². The minimum absolute atomic E-state index is 0.0921. The molecule has 0 aromatic rings. The molecular formula is C12H22N2O5. The third kappa shape index (κ3) is 4.36. The van der Waals surface area contributed by atoms with E-state index in [0.29, 0.717) is 19.6 Å². The predicted molar refractivity (Wildman–Crippen MR) is 68.1 cm³/mol.